The number of hydrogen-bond acceptors (Lipinski definition) is 4. The van der Waals surface area contributed by atoms with Gasteiger partial charge in [0.05, 0.1) is 23.1 Å². The third-order valence-corrected chi connectivity index (χ3v) is 6.74. The molecule has 0 spiro atoms. The Hall–Kier alpha value is -5.42. The lowest BCUT2D eigenvalue weighted by Crippen LogP contribution is -1.99. The minimum absolute atomic E-state index is 0.685. The Labute approximate surface area is 226 Å². The van der Waals surface area contributed by atoms with E-state index < -0.39 is 0 Å². The predicted octanol–water partition coefficient (Wildman–Crippen LogP) is 7.88. The smallest absolute Gasteiger partial charge is 0.160 e. The maximum Gasteiger partial charge on any atom is 0.160 e. The van der Waals surface area contributed by atoms with Gasteiger partial charge in [-0.15, -0.1) is 0 Å². The lowest BCUT2D eigenvalue weighted by atomic mass is 10.1. The molecule has 0 atom stereocenters. The van der Waals surface area contributed by atoms with E-state index in [1.54, 1.807) is 12.4 Å². The molecule has 3 heterocycles. The van der Waals surface area contributed by atoms with E-state index in [-0.39, 0.29) is 0 Å². The maximum atomic E-state index is 4.97. The molecular weight excluding hydrogens is 478 g/mol. The molecule has 39 heavy (non-hydrogen) atoms. The third kappa shape index (κ3) is 4.36. The Morgan fingerprint density at radius 2 is 1.05 bits per heavy atom. The van der Waals surface area contributed by atoms with E-state index in [0.717, 1.165) is 56.2 Å². The normalized spacial score (nSPS) is 11.1. The van der Waals surface area contributed by atoms with Crippen molar-refractivity contribution in [1.82, 2.24) is 24.5 Å². The first-order chi connectivity index (χ1) is 19.3. The zero-order chi connectivity index (χ0) is 26.0. The number of rotatable bonds is 5. The Morgan fingerprint density at radius 1 is 0.487 bits per heavy atom. The number of imidazole rings is 1. The van der Waals surface area contributed by atoms with Crippen molar-refractivity contribution in [1.29, 1.82) is 0 Å². The van der Waals surface area contributed by atoms with Crippen LogP contribution in [0.2, 0.25) is 0 Å². The molecule has 0 bridgehead atoms. The van der Waals surface area contributed by atoms with Crippen molar-refractivity contribution in [3.63, 3.8) is 0 Å². The molecule has 0 aliphatic heterocycles. The van der Waals surface area contributed by atoms with Crippen LogP contribution in [-0.2, 0) is 0 Å². The molecule has 0 saturated carbocycles. The van der Waals surface area contributed by atoms with Gasteiger partial charge in [-0.2, -0.15) is 0 Å². The summed E-state index contributed by atoms with van der Waals surface area (Å²) in [6.07, 6.45) is 3.61. The lowest BCUT2D eigenvalue weighted by Gasteiger charge is -2.12. The van der Waals surface area contributed by atoms with Gasteiger partial charge in [-0.1, -0.05) is 91.0 Å². The van der Waals surface area contributed by atoms with Crippen LogP contribution in [0.1, 0.15) is 0 Å². The molecule has 0 amide bonds. The van der Waals surface area contributed by atoms with E-state index in [1.807, 2.05) is 60.7 Å². The van der Waals surface area contributed by atoms with Crippen LogP contribution in [0.4, 0.5) is 0 Å². The first-order valence-corrected chi connectivity index (χ1v) is 12.8. The van der Waals surface area contributed by atoms with Gasteiger partial charge in [0.15, 0.2) is 5.82 Å². The Bertz CT molecular complexity index is 1820. The van der Waals surface area contributed by atoms with E-state index >= 15 is 0 Å². The fourth-order valence-electron chi connectivity index (χ4n) is 4.82. The van der Waals surface area contributed by atoms with E-state index in [9.17, 15) is 0 Å². The van der Waals surface area contributed by atoms with Crippen LogP contribution in [0, 0.1) is 0 Å². The minimum atomic E-state index is 0.685. The highest BCUT2D eigenvalue weighted by atomic mass is 15.1. The van der Waals surface area contributed by atoms with Crippen molar-refractivity contribution >= 4 is 11.0 Å². The largest absolute Gasteiger partial charge is 0.292 e. The molecule has 5 heteroatoms. The van der Waals surface area contributed by atoms with Crippen molar-refractivity contribution in [2.24, 2.45) is 0 Å². The predicted molar refractivity (Wildman–Crippen MR) is 156 cm³/mol. The number of fused-ring (bicyclic) bond motifs is 1. The Kier molecular flexibility index (Phi) is 5.72. The summed E-state index contributed by atoms with van der Waals surface area (Å²) in [7, 11) is 0. The van der Waals surface area contributed by atoms with Gasteiger partial charge in [0.25, 0.3) is 0 Å². The summed E-state index contributed by atoms with van der Waals surface area (Å²) < 4.78 is 2.17. The van der Waals surface area contributed by atoms with Crippen LogP contribution >= 0.6 is 0 Å². The number of nitrogens with zero attached hydrogens (tertiary/aromatic N) is 5. The van der Waals surface area contributed by atoms with Crippen LogP contribution in [0.15, 0.2) is 140 Å². The summed E-state index contributed by atoms with van der Waals surface area (Å²) in [6.45, 7) is 0. The van der Waals surface area contributed by atoms with E-state index in [0.29, 0.717) is 5.82 Å². The van der Waals surface area contributed by atoms with Crippen LogP contribution in [-0.4, -0.2) is 24.5 Å². The fraction of sp³-hybridized carbons (Fsp3) is 0. The second-order valence-electron chi connectivity index (χ2n) is 9.24. The molecule has 3 aromatic heterocycles. The standard InChI is InChI=1S/C34H23N5/c1-4-10-24(11-5-1)29-22-30(25-12-6-2-7-13-25)37-33(36-29)26-16-18-28(19-17-26)39-32-20-21-35-23-31(32)38-34(39)27-14-8-3-9-15-27/h1-23H. The van der Waals surface area contributed by atoms with Crippen molar-refractivity contribution in [3.8, 4) is 51.0 Å². The molecule has 7 rings (SSSR count). The molecule has 0 N–H and O–H groups in total. The molecule has 0 radical (unpaired) electrons. The quantitative estimate of drug-likeness (QED) is 0.241. The molecule has 5 nitrogen and oxygen atoms in total. The molecule has 184 valence electrons. The van der Waals surface area contributed by atoms with E-state index in [2.05, 4.69) is 76.3 Å². The van der Waals surface area contributed by atoms with Gasteiger partial charge >= 0.3 is 0 Å². The number of pyridine rings is 1. The van der Waals surface area contributed by atoms with Crippen molar-refractivity contribution < 1.29 is 0 Å². The Balaban J connectivity index is 1.35. The van der Waals surface area contributed by atoms with Crippen LogP contribution in [0.25, 0.3) is 62.0 Å². The molecule has 0 aliphatic carbocycles. The zero-order valence-electron chi connectivity index (χ0n) is 21.0. The molecule has 0 unspecified atom stereocenters. The van der Waals surface area contributed by atoms with Crippen LogP contribution in [0.5, 0.6) is 0 Å². The molecular formula is C34H23N5. The number of aromatic nitrogens is 5. The van der Waals surface area contributed by atoms with Gasteiger partial charge in [0.1, 0.15) is 11.3 Å². The summed E-state index contributed by atoms with van der Waals surface area (Å²) >= 11 is 0. The summed E-state index contributed by atoms with van der Waals surface area (Å²) in [6, 6.07) is 43.1. The van der Waals surface area contributed by atoms with Crippen molar-refractivity contribution in [2.45, 2.75) is 0 Å². The summed E-state index contributed by atoms with van der Waals surface area (Å²) in [4.78, 5) is 19.1. The highest BCUT2D eigenvalue weighted by Gasteiger charge is 2.15. The number of benzene rings is 4. The first-order valence-electron chi connectivity index (χ1n) is 12.8. The second kappa shape index (κ2) is 9.80. The summed E-state index contributed by atoms with van der Waals surface area (Å²) in [5, 5.41) is 0. The van der Waals surface area contributed by atoms with Crippen LogP contribution < -0.4 is 0 Å². The SMILES string of the molecule is c1ccc(-c2cc(-c3ccccc3)nc(-c3ccc(-n4c(-c5ccccc5)nc5cnccc54)cc3)n2)cc1. The average molecular weight is 502 g/mol. The summed E-state index contributed by atoms with van der Waals surface area (Å²) in [5.74, 6) is 1.56. The van der Waals surface area contributed by atoms with Gasteiger partial charge in [0, 0.05) is 34.1 Å². The Morgan fingerprint density at radius 3 is 1.64 bits per heavy atom. The monoisotopic (exact) mass is 501 g/mol. The van der Waals surface area contributed by atoms with Gasteiger partial charge < -0.3 is 0 Å². The van der Waals surface area contributed by atoms with Gasteiger partial charge in [-0.05, 0) is 36.4 Å². The van der Waals surface area contributed by atoms with Gasteiger partial charge in [-0.25, -0.2) is 15.0 Å². The molecule has 0 saturated heterocycles. The average Bonchev–Trinajstić information content (AvgIpc) is 3.42. The fourth-order valence-corrected chi connectivity index (χ4v) is 4.82. The van der Waals surface area contributed by atoms with E-state index in [1.165, 1.54) is 0 Å². The third-order valence-electron chi connectivity index (χ3n) is 6.74. The number of hydrogen-bond donors (Lipinski definition) is 0. The molecule has 0 fully saturated rings. The van der Waals surface area contributed by atoms with Crippen molar-refractivity contribution in [3.05, 3.63) is 140 Å². The maximum absolute atomic E-state index is 4.97. The highest BCUT2D eigenvalue weighted by Crippen LogP contribution is 2.31. The second-order valence-corrected chi connectivity index (χ2v) is 9.24. The first kappa shape index (κ1) is 22.8. The van der Waals surface area contributed by atoms with Crippen LogP contribution in [0.3, 0.4) is 0 Å². The highest BCUT2D eigenvalue weighted by molar-refractivity contribution is 5.82. The summed E-state index contributed by atoms with van der Waals surface area (Å²) in [5.41, 5.74) is 8.75. The molecule has 7 aromatic rings. The zero-order valence-corrected chi connectivity index (χ0v) is 21.0. The van der Waals surface area contributed by atoms with Crippen molar-refractivity contribution in [2.75, 3.05) is 0 Å². The topological polar surface area (TPSA) is 56.5 Å². The van der Waals surface area contributed by atoms with Gasteiger partial charge in [0.2, 0.25) is 0 Å². The van der Waals surface area contributed by atoms with E-state index in [4.69, 9.17) is 15.0 Å². The van der Waals surface area contributed by atoms with Gasteiger partial charge in [-0.3, -0.25) is 9.55 Å². The molecule has 0 aliphatic rings. The molecule has 4 aromatic carbocycles. The minimum Gasteiger partial charge on any atom is -0.292 e. The lowest BCUT2D eigenvalue weighted by molar-refractivity contribution is 1.10.